The van der Waals surface area contributed by atoms with Gasteiger partial charge in [0, 0.05) is 31.7 Å². The predicted octanol–water partition coefficient (Wildman–Crippen LogP) is 1.54. The highest BCUT2D eigenvalue weighted by Crippen LogP contribution is 2.21. The summed E-state index contributed by atoms with van der Waals surface area (Å²) in [5, 5.41) is 0. The van der Waals surface area contributed by atoms with Gasteiger partial charge in [-0.2, -0.15) is 0 Å². The molecule has 2 aliphatic heterocycles. The van der Waals surface area contributed by atoms with E-state index in [0.717, 1.165) is 12.8 Å². The zero-order valence-electron chi connectivity index (χ0n) is 13.0. The maximum atomic E-state index is 13.0. The SMILES string of the molecule is O=C(c1ccc(F)cc1)N1CCCC(C(=O)N2CCOCC2)C1. The van der Waals surface area contributed by atoms with Crippen molar-refractivity contribution in [2.45, 2.75) is 12.8 Å². The van der Waals surface area contributed by atoms with Crippen molar-refractivity contribution >= 4 is 11.8 Å². The highest BCUT2D eigenvalue weighted by Gasteiger charge is 2.32. The molecule has 1 unspecified atom stereocenters. The Hall–Kier alpha value is -1.95. The first-order valence-corrected chi connectivity index (χ1v) is 8.06. The van der Waals surface area contributed by atoms with Crippen LogP contribution in [0.3, 0.4) is 0 Å². The number of halogens is 1. The van der Waals surface area contributed by atoms with Crippen LogP contribution in [0, 0.1) is 11.7 Å². The van der Waals surface area contributed by atoms with Gasteiger partial charge in [0.25, 0.3) is 5.91 Å². The van der Waals surface area contributed by atoms with Gasteiger partial charge in [-0.25, -0.2) is 4.39 Å². The molecule has 0 aliphatic carbocycles. The van der Waals surface area contributed by atoms with Gasteiger partial charge >= 0.3 is 0 Å². The summed E-state index contributed by atoms with van der Waals surface area (Å²) in [6.45, 7) is 3.49. The number of morpholine rings is 1. The number of amides is 2. The summed E-state index contributed by atoms with van der Waals surface area (Å²) in [5.74, 6) is -0.527. The Balaban J connectivity index is 1.64. The van der Waals surface area contributed by atoms with Gasteiger partial charge in [-0.15, -0.1) is 0 Å². The molecule has 3 rings (SSSR count). The molecule has 23 heavy (non-hydrogen) atoms. The Kier molecular flexibility index (Phi) is 4.91. The minimum Gasteiger partial charge on any atom is -0.378 e. The van der Waals surface area contributed by atoms with E-state index in [9.17, 15) is 14.0 Å². The molecule has 0 radical (unpaired) electrons. The highest BCUT2D eigenvalue weighted by molar-refractivity contribution is 5.94. The molecule has 0 N–H and O–H groups in total. The van der Waals surface area contributed by atoms with E-state index in [0.29, 0.717) is 45.0 Å². The summed E-state index contributed by atoms with van der Waals surface area (Å²) < 4.78 is 18.3. The number of hydrogen-bond donors (Lipinski definition) is 0. The van der Waals surface area contributed by atoms with Crippen LogP contribution < -0.4 is 0 Å². The van der Waals surface area contributed by atoms with E-state index in [1.165, 1.54) is 24.3 Å². The fourth-order valence-electron chi connectivity index (χ4n) is 3.18. The van der Waals surface area contributed by atoms with Gasteiger partial charge in [0.05, 0.1) is 19.1 Å². The molecule has 1 atom stereocenters. The van der Waals surface area contributed by atoms with E-state index in [1.54, 1.807) is 4.90 Å². The summed E-state index contributed by atoms with van der Waals surface area (Å²) >= 11 is 0. The molecule has 2 fully saturated rings. The first-order valence-electron chi connectivity index (χ1n) is 8.06. The number of likely N-dealkylation sites (tertiary alicyclic amines) is 1. The molecule has 0 spiro atoms. The van der Waals surface area contributed by atoms with Gasteiger partial charge in [-0.1, -0.05) is 0 Å². The van der Waals surface area contributed by atoms with Crippen LogP contribution in [-0.2, 0) is 9.53 Å². The number of hydrogen-bond acceptors (Lipinski definition) is 3. The zero-order chi connectivity index (χ0) is 16.2. The van der Waals surface area contributed by atoms with Gasteiger partial charge in [0.1, 0.15) is 5.82 Å². The molecular formula is C17H21FN2O3. The van der Waals surface area contributed by atoms with Crippen LogP contribution in [0.5, 0.6) is 0 Å². The summed E-state index contributed by atoms with van der Waals surface area (Å²) in [6.07, 6.45) is 1.62. The summed E-state index contributed by atoms with van der Waals surface area (Å²) in [5.41, 5.74) is 0.464. The fraction of sp³-hybridized carbons (Fsp3) is 0.529. The smallest absolute Gasteiger partial charge is 0.253 e. The minimum atomic E-state index is -0.361. The normalized spacial score (nSPS) is 22.0. The van der Waals surface area contributed by atoms with E-state index >= 15 is 0 Å². The number of carbonyl (C=O) groups excluding carboxylic acids is 2. The molecule has 0 bridgehead atoms. The topological polar surface area (TPSA) is 49.9 Å². The number of carbonyl (C=O) groups is 2. The molecule has 1 aromatic rings. The number of nitrogens with zero attached hydrogens (tertiary/aromatic N) is 2. The van der Waals surface area contributed by atoms with E-state index in [-0.39, 0.29) is 23.5 Å². The lowest BCUT2D eigenvalue weighted by atomic mass is 9.95. The lowest BCUT2D eigenvalue weighted by Crippen LogP contribution is -2.49. The Morgan fingerprint density at radius 1 is 1.04 bits per heavy atom. The fourth-order valence-corrected chi connectivity index (χ4v) is 3.18. The second-order valence-electron chi connectivity index (χ2n) is 6.03. The maximum Gasteiger partial charge on any atom is 0.253 e. The quantitative estimate of drug-likeness (QED) is 0.830. The molecule has 0 saturated carbocycles. The summed E-state index contributed by atoms with van der Waals surface area (Å²) in [7, 11) is 0. The van der Waals surface area contributed by atoms with Gasteiger partial charge < -0.3 is 14.5 Å². The van der Waals surface area contributed by atoms with Gasteiger partial charge in [0.2, 0.25) is 5.91 Å². The summed E-state index contributed by atoms with van der Waals surface area (Å²) in [4.78, 5) is 28.6. The average Bonchev–Trinajstić information content (AvgIpc) is 2.62. The average molecular weight is 320 g/mol. The Morgan fingerprint density at radius 3 is 2.43 bits per heavy atom. The number of piperidine rings is 1. The predicted molar refractivity (Wildman–Crippen MR) is 82.4 cm³/mol. The van der Waals surface area contributed by atoms with Crippen LogP contribution in [0.4, 0.5) is 4.39 Å². The van der Waals surface area contributed by atoms with Crippen molar-refractivity contribution in [2.24, 2.45) is 5.92 Å². The van der Waals surface area contributed by atoms with Crippen molar-refractivity contribution in [3.05, 3.63) is 35.6 Å². The highest BCUT2D eigenvalue weighted by atomic mass is 19.1. The lowest BCUT2D eigenvalue weighted by molar-refractivity contribution is -0.141. The van der Waals surface area contributed by atoms with Crippen LogP contribution in [0.15, 0.2) is 24.3 Å². The molecule has 0 aromatic heterocycles. The third kappa shape index (κ3) is 3.69. The molecule has 6 heteroatoms. The molecule has 2 aliphatic rings. The Morgan fingerprint density at radius 2 is 1.74 bits per heavy atom. The third-order valence-corrected chi connectivity index (χ3v) is 4.47. The molecule has 2 saturated heterocycles. The van der Waals surface area contributed by atoms with Crippen molar-refractivity contribution in [1.82, 2.24) is 9.80 Å². The zero-order valence-corrected chi connectivity index (χ0v) is 13.0. The van der Waals surface area contributed by atoms with Crippen LogP contribution >= 0.6 is 0 Å². The molecular weight excluding hydrogens is 299 g/mol. The second-order valence-corrected chi connectivity index (χ2v) is 6.03. The molecule has 2 heterocycles. The largest absolute Gasteiger partial charge is 0.378 e. The maximum absolute atomic E-state index is 13.0. The van der Waals surface area contributed by atoms with Crippen molar-refractivity contribution in [1.29, 1.82) is 0 Å². The third-order valence-electron chi connectivity index (χ3n) is 4.47. The van der Waals surface area contributed by atoms with Crippen molar-refractivity contribution in [3.63, 3.8) is 0 Å². The molecule has 5 nitrogen and oxygen atoms in total. The monoisotopic (exact) mass is 320 g/mol. The lowest BCUT2D eigenvalue weighted by Gasteiger charge is -2.36. The summed E-state index contributed by atoms with van der Waals surface area (Å²) in [6, 6.07) is 5.55. The van der Waals surface area contributed by atoms with Gasteiger partial charge in [0.15, 0.2) is 0 Å². The van der Waals surface area contributed by atoms with E-state index in [4.69, 9.17) is 4.74 Å². The minimum absolute atomic E-state index is 0.116. The number of benzene rings is 1. The van der Waals surface area contributed by atoms with Crippen LogP contribution in [-0.4, -0.2) is 61.0 Å². The first-order chi connectivity index (χ1) is 11.1. The van der Waals surface area contributed by atoms with E-state index < -0.39 is 0 Å². The number of rotatable bonds is 2. The Bertz CT molecular complexity index is 570. The standard InChI is InChI=1S/C17H21FN2O3/c18-15-5-3-13(4-6-15)16(21)20-7-1-2-14(12-20)17(22)19-8-10-23-11-9-19/h3-6,14H,1-2,7-12H2. The van der Waals surface area contributed by atoms with E-state index in [2.05, 4.69) is 0 Å². The molecule has 124 valence electrons. The Labute approximate surface area is 135 Å². The van der Waals surface area contributed by atoms with E-state index in [1.807, 2.05) is 4.90 Å². The van der Waals surface area contributed by atoms with Gasteiger partial charge in [-0.3, -0.25) is 9.59 Å². The second kappa shape index (κ2) is 7.08. The van der Waals surface area contributed by atoms with Crippen molar-refractivity contribution < 1.29 is 18.7 Å². The molecule has 2 amide bonds. The first kappa shape index (κ1) is 15.9. The van der Waals surface area contributed by atoms with Crippen molar-refractivity contribution in [2.75, 3.05) is 39.4 Å². The van der Waals surface area contributed by atoms with Crippen LogP contribution in [0.25, 0.3) is 0 Å². The van der Waals surface area contributed by atoms with Crippen LogP contribution in [0.2, 0.25) is 0 Å². The van der Waals surface area contributed by atoms with Crippen molar-refractivity contribution in [3.8, 4) is 0 Å². The molecule has 1 aromatic carbocycles. The number of ether oxygens (including phenoxy) is 1. The van der Waals surface area contributed by atoms with Crippen LogP contribution in [0.1, 0.15) is 23.2 Å². The van der Waals surface area contributed by atoms with Gasteiger partial charge in [-0.05, 0) is 37.1 Å².